The van der Waals surface area contributed by atoms with Gasteiger partial charge >= 0.3 is 0 Å². The van der Waals surface area contributed by atoms with Crippen LogP contribution in [0.15, 0.2) is 33.6 Å². The molecule has 1 fully saturated rings. The molecule has 1 atom stereocenters. The van der Waals surface area contributed by atoms with E-state index in [2.05, 4.69) is 4.40 Å². The quantitative estimate of drug-likeness (QED) is 0.833. The van der Waals surface area contributed by atoms with Crippen molar-refractivity contribution >= 4 is 21.8 Å². The Kier molecular flexibility index (Phi) is 4.62. The normalized spacial score (nSPS) is 22.0. The molecule has 24 heavy (non-hydrogen) atoms. The third-order valence-corrected chi connectivity index (χ3v) is 6.08. The van der Waals surface area contributed by atoms with Gasteiger partial charge < -0.3 is 9.80 Å². The van der Waals surface area contributed by atoms with Crippen molar-refractivity contribution in [3.8, 4) is 0 Å². The summed E-state index contributed by atoms with van der Waals surface area (Å²) in [7, 11) is -3.62. The lowest BCUT2D eigenvalue weighted by molar-refractivity contribution is -0.136. The minimum Gasteiger partial charge on any atom is -0.355 e. The summed E-state index contributed by atoms with van der Waals surface area (Å²) in [5.74, 6) is 0.541. The highest BCUT2D eigenvalue weighted by Crippen LogP contribution is 2.30. The Hall–Kier alpha value is -1.89. The molecule has 1 amide bonds. The summed E-state index contributed by atoms with van der Waals surface area (Å²) < 4.78 is 28.4. The lowest BCUT2D eigenvalue weighted by atomic mass is 9.95. The Bertz CT molecular complexity index is 769. The number of sulfonamides is 1. The second-order valence-corrected chi connectivity index (χ2v) is 7.75. The number of piperidine rings is 1. The number of amidine groups is 1. The summed E-state index contributed by atoms with van der Waals surface area (Å²) in [4.78, 5) is 16.7. The lowest BCUT2D eigenvalue weighted by Gasteiger charge is -2.35. The molecule has 130 valence electrons. The van der Waals surface area contributed by atoms with Crippen LogP contribution in [0.2, 0.25) is 0 Å². The molecule has 1 saturated heterocycles. The largest absolute Gasteiger partial charge is 0.355 e. The maximum Gasteiger partial charge on any atom is 0.285 e. The fourth-order valence-corrected chi connectivity index (χ4v) is 4.71. The molecule has 0 unspecified atom stereocenters. The van der Waals surface area contributed by atoms with Crippen molar-refractivity contribution in [1.29, 1.82) is 0 Å². The van der Waals surface area contributed by atoms with Gasteiger partial charge in [0.2, 0.25) is 5.91 Å². The number of rotatable bonds is 3. The van der Waals surface area contributed by atoms with Crippen molar-refractivity contribution in [3.63, 3.8) is 0 Å². The first-order valence-electron chi connectivity index (χ1n) is 8.46. The number of likely N-dealkylation sites (tertiary alicyclic amines) is 1. The smallest absolute Gasteiger partial charge is 0.285 e. The van der Waals surface area contributed by atoms with E-state index in [9.17, 15) is 13.2 Å². The van der Waals surface area contributed by atoms with Crippen LogP contribution in [0.3, 0.4) is 0 Å². The molecule has 1 aromatic rings. The van der Waals surface area contributed by atoms with Gasteiger partial charge in [-0.2, -0.15) is 8.42 Å². The number of benzene rings is 1. The van der Waals surface area contributed by atoms with E-state index in [0.29, 0.717) is 31.0 Å². The van der Waals surface area contributed by atoms with E-state index < -0.39 is 10.0 Å². The van der Waals surface area contributed by atoms with Crippen LogP contribution in [-0.4, -0.2) is 56.1 Å². The third-order valence-electron chi connectivity index (χ3n) is 4.76. The van der Waals surface area contributed by atoms with Crippen molar-refractivity contribution in [2.75, 3.05) is 26.2 Å². The molecule has 6 nitrogen and oxygen atoms in total. The number of hydrogen-bond donors (Lipinski definition) is 0. The van der Waals surface area contributed by atoms with E-state index >= 15 is 0 Å². The second-order valence-electron chi connectivity index (χ2n) is 6.18. The summed E-state index contributed by atoms with van der Waals surface area (Å²) in [6, 6.07) is 6.90. The number of hydrogen-bond acceptors (Lipinski definition) is 4. The zero-order valence-electron chi connectivity index (χ0n) is 14.1. The fourth-order valence-electron chi connectivity index (χ4n) is 3.48. The molecule has 3 rings (SSSR count). The number of nitrogens with zero attached hydrogens (tertiary/aromatic N) is 3. The van der Waals surface area contributed by atoms with Gasteiger partial charge in [-0.05, 0) is 38.8 Å². The average molecular weight is 349 g/mol. The second kappa shape index (κ2) is 6.55. The molecule has 0 saturated carbocycles. The van der Waals surface area contributed by atoms with Gasteiger partial charge in [0.05, 0.1) is 5.92 Å². The van der Waals surface area contributed by atoms with E-state index in [1.165, 1.54) is 0 Å². The predicted molar refractivity (Wildman–Crippen MR) is 92.4 cm³/mol. The number of carbonyl (C=O) groups is 1. The summed E-state index contributed by atoms with van der Waals surface area (Å²) in [6.45, 7) is 6.61. The average Bonchev–Trinajstić information content (AvgIpc) is 2.88. The number of carbonyl (C=O) groups excluding carboxylic acids is 1. The van der Waals surface area contributed by atoms with Crippen molar-refractivity contribution in [3.05, 3.63) is 29.8 Å². The lowest BCUT2D eigenvalue weighted by Crippen LogP contribution is -2.46. The van der Waals surface area contributed by atoms with Gasteiger partial charge in [-0.3, -0.25) is 4.79 Å². The highest BCUT2D eigenvalue weighted by molar-refractivity contribution is 7.90. The Morgan fingerprint density at radius 2 is 2.00 bits per heavy atom. The predicted octanol–water partition coefficient (Wildman–Crippen LogP) is 1.72. The number of amides is 1. The molecule has 0 aromatic heterocycles. The van der Waals surface area contributed by atoms with Gasteiger partial charge in [0.25, 0.3) is 10.0 Å². The Balaban J connectivity index is 1.85. The van der Waals surface area contributed by atoms with Gasteiger partial charge in [0, 0.05) is 31.7 Å². The zero-order chi connectivity index (χ0) is 17.3. The van der Waals surface area contributed by atoms with Crippen molar-refractivity contribution in [2.45, 2.75) is 31.6 Å². The van der Waals surface area contributed by atoms with Crippen molar-refractivity contribution in [1.82, 2.24) is 9.80 Å². The molecule has 0 spiro atoms. The monoisotopic (exact) mass is 349 g/mol. The van der Waals surface area contributed by atoms with Gasteiger partial charge in [-0.15, -0.1) is 4.40 Å². The first-order chi connectivity index (χ1) is 11.5. The summed E-state index contributed by atoms with van der Waals surface area (Å²) in [6.07, 6.45) is 1.70. The van der Waals surface area contributed by atoms with Crippen molar-refractivity contribution < 1.29 is 13.2 Å². The molecule has 0 N–H and O–H groups in total. The third kappa shape index (κ3) is 2.92. The van der Waals surface area contributed by atoms with Crippen LogP contribution in [0.5, 0.6) is 0 Å². The van der Waals surface area contributed by atoms with Gasteiger partial charge in [-0.1, -0.05) is 12.1 Å². The Morgan fingerprint density at radius 1 is 1.29 bits per heavy atom. The van der Waals surface area contributed by atoms with Gasteiger partial charge in [-0.25, -0.2) is 0 Å². The first kappa shape index (κ1) is 17.0. The summed E-state index contributed by atoms with van der Waals surface area (Å²) >= 11 is 0. The van der Waals surface area contributed by atoms with Gasteiger partial charge in [0.1, 0.15) is 4.90 Å². The van der Waals surface area contributed by atoms with Crippen LogP contribution in [0.4, 0.5) is 0 Å². The summed E-state index contributed by atoms with van der Waals surface area (Å²) in [5.41, 5.74) is 0.647. The molecule has 0 aliphatic carbocycles. The van der Waals surface area contributed by atoms with Crippen LogP contribution in [-0.2, 0) is 14.8 Å². The van der Waals surface area contributed by atoms with E-state index in [0.717, 1.165) is 19.4 Å². The standard InChI is InChI=1S/C17H23N3O3S/c1-3-19(4-2)17(21)13-8-7-11-20(12-13)16-14-9-5-6-10-15(14)24(22,23)18-16/h5-6,9-10,13H,3-4,7-8,11-12H2,1-2H3/t13-/m0/s1. The Morgan fingerprint density at radius 3 is 2.71 bits per heavy atom. The van der Waals surface area contributed by atoms with E-state index in [1.54, 1.807) is 18.2 Å². The molecule has 7 heteroatoms. The van der Waals surface area contributed by atoms with E-state index in [-0.39, 0.29) is 16.7 Å². The minimum absolute atomic E-state index is 0.100. The molecule has 0 bridgehead atoms. The first-order valence-corrected chi connectivity index (χ1v) is 9.90. The van der Waals surface area contributed by atoms with E-state index in [1.807, 2.05) is 29.7 Å². The Labute approximate surface area is 143 Å². The molecular weight excluding hydrogens is 326 g/mol. The topological polar surface area (TPSA) is 70.1 Å². The van der Waals surface area contributed by atoms with Crippen LogP contribution in [0.1, 0.15) is 32.3 Å². The number of fused-ring (bicyclic) bond motifs is 1. The van der Waals surface area contributed by atoms with Crippen molar-refractivity contribution in [2.24, 2.45) is 10.3 Å². The highest BCUT2D eigenvalue weighted by Gasteiger charge is 2.35. The molecule has 2 heterocycles. The van der Waals surface area contributed by atoms with Crippen LogP contribution >= 0.6 is 0 Å². The molecule has 0 radical (unpaired) electrons. The fraction of sp³-hybridized carbons (Fsp3) is 0.529. The summed E-state index contributed by atoms with van der Waals surface area (Å²) in [5, 5.41) is 0. The van der Waals surface area contributed by atoms with Gasteiger partial charge in [0.15, 0.2) is 5.84 Å². The van der Waals surface area contributed by atoms with E-state index in [4.69, 9.17) is 0 Å². The maximum absolute atomic E-state index is 12.6. The zero-order valence-corrected chi connectivity index (χ0v) is 14.9. The van der Waals surface area contributed by atoms with Crippen LogP contribution in [0.25, 0.3) is 0 Å². The SMILES string of the molecule is CCN(CC)C(=O)[C@H]1CCCN(C2=NS(=O)(=O)c3ccccc32)C1. The molecule has 2 aliphatic rings. The maximum atomic E-state index is 12.6. The minimum atomic E-state index is -3.62. The molecular formula is C17H23N3O3S. The molecule has 2 aliphatic heterocycles. The molecule has 1 aromatic carbocycles. The van der Waals surface area contributed by atoms with Crippen LogP contribution < -0.4 is 0 Å². The highest BCUT2D eigenvalue weighted by atomic mass is 32.2. The van der Waals surface area contributed by atoms with Crippen LogP contribution in [0, 0.1) is 5.92 Å².